The number of aromatic nitrogens is 2. The van der Waals surface area contributed by atoms with Crippen LogP contribution in [-0.4, -0.2) is 115 Å². The minimum absolute atomic E-state index is 0.123. The van der Waals surface area contributed by atoms with Crippen molar-refractivity contribution in [2.75, 3.05) is 71.5 Å². The third-order valence-corrected chi connectivity index (χ3v) is 9.94. The maximum Gasteiger partial charge on any atom is 0.225 e. The van der Waals surface area contributed by atoms with Gasteiger partial charge in [-0.1, -0.05) is 6.08 Å². The molecule has 0 bridgehead atoms. The number of nitrogens with two attached hydrogens (primary N) is 1. The lowest BCUT2D eigenvalue weighted by molar-refractivity contribution is -0.139. The Morgan fingerprint density at radius 1 is 1.15 bits per heavy atom. The first kappa shape index (κ1) is 28.3. The summed E-state index contributed by atoms with van der Waals surface area (Å²) in [4.78, 5) is 24.7. The van der Waals surface area contributed by atoms with Crippen LogP contribution in [0, 0.1) is 11.8 Å². The summed E-state index contributed by atoms with van der Waals surface area (Å²) >= 11 is 0. The van der Waals surface area contributed by atoms with Gasteiger partial charge in [0.2, 0.25) is 5.91 Å². The Hall–Kier alpha value is -2.79. The van der Waals surface area contributed by atoms with E-state index in [0.717, 1.165) is 101 Å². The average molecular weight is 564 g/mol. The monoisotopic (exact) mass is 563 g/mol. The van der Waals surface area contributed by atoms with E-state index in [1.54, 1.807) is 7.11 Å². The summed E-state index contributed by atoms with van der Waals surface area (Å²) < 4.78 is 13.5. The normalized spacial score (nSPS) is 27.5. The number of ether oxygens (including phenoxy) is 2. The molecule has 4 aliphatic rings. The number of hydrogen-bond acceptors (Lipinski definition) is 8. The highest BCUT2D eigenvalue weighted by Gasteiger charge is 2.42. The molecule has 2 N–H and O–H groups in total. The van der Waals surface area contributed by atoms with Crippen molar-refractivity contribution in [1.29, 1.82) is 0 Å². The van der Waals surface area contributed by atoms with E-state index in [1.807, 2.05) is 22.7 Å². The van der Waals surface area contributed by atoms with Crippen LogP contribution in [0.5, 0.6) is 0 Å². The van der Waals surface area contributed by atoms with Gasteiger partial charge in [-0.2, -0.15) is 5.10 Å². The van der Waals surface area contributed by atoms with Gasteiger partial charge in [-0.05, 0) is 50.8 Å². The largest absolute Gasteiger partial charge is 0.383 e. The number of anilines is 1. The number of piperidine rings is 1. The Bertz CT molecular complexity index is 1280. The van der Waals surface area contributed by atoms with Gasteiger partial charge in [-0.15, -0.1) is 0 Å². The second-order valence-electron chi connectivity index (χ2n) is 12.3. The van der Waals surface area contributed by atoms with Crippen molar-refractivity contribution in [2.45, 2.75) is 50.3 Å². The maximum absolute atomic E-state index is 12.8. The number of carbonyl (C=O) groups excluding carboxylic acids is 1. The van der Waals surface area contributed by atoms with Crippen molar-refractivity contribution >= 4 is 22.8 Å². The number of aliphatic imine (C=N–C) groups is 1. The van der Waals surface area contributed by atoms with Gasteiger partial charge in [-0.3, -0.25) is 14.7 Å². The minimum atomic E-state index is -0.177. The van der Waals surface area contributed by atoms with E-state index in [4.69, 9.17) is 20.2 Å². The molecule has 3 fully saturated rings. The fraction of sp³-hybridized carbons (Fsp3) is 0.645. The van der Waals surface area contributed by atoms with E-state index in [0.29, 0.717) is 6.04 Å². The van der Waals surface area contributed by atoms with Crippen LogP contribution in [0.4, 0.5) is 5.69 Å². The van der Waals surface area contributed by atoms with Gasteiger partial charge in [0.05, 0.1) is 29.1 Å². The van der Waals surface area contributed by atoms with E-state index in [9.17, 15) is 4.79 Å². The molecular weight excluding hydrogens is 518 g/mol. The van der Waals surface area contributed by atoms with Crippen LogP contribution >= 0.6 is 0 Å². The molecule has 1 saturated carbocycles. The lowest BCUT2D eigenvalue weighted by Crippen LogP contribution is -2.53. The van der Waals surface area contributed by atoms with Crippen molar-refractivity contribution in [3.8, 4) is 0 Å². The standard InChI is InChI=1S/C31H45N7O3/c1-22(21-40-2)35-10-7-31(41-3,8-11-35)25-4-5-27(33-19-25)24-18-29-28(6-9-34-38(29)20-24)36-12-14-37(15-13-36)30(39)23-16-26(32)17-23/h4-6,9,18,20,22-23,25-26H,7-8,10-17,19,21,32H2,1-3H3/t22-,23?,25?,26?/m0/s1. The molecule has 41 heavy (non-hydrogen) atoms. The van der Waals surface area contributed by atoms with Crippen molar-refractivity contribution < 1.29 is 14.3 Å². The number of allylic oxidation sites excluding steroid dienone is 1. The molecule has 2 saturated heterocycles. The van der Waals surface area contributed by atoms with Gasteiger partial charge >= 0.3 is 0 Å². The number of fused-ring (bicyclic) bond motifs is 1. The van der Waals surface area contributed by atoms with Crippen LogP contribution < -0.4 is 10.6 Å². The van der Waals surface area contributed by atoms with Gasteiger partial charge in [0.1, 0.15) is 0 Å². The number of piperazine rings is 1. The third-order valence-electron chi connectivity index (χ3n) is 9.94. The molecule has 10 nitrogen and oxygen atoms in total. The summed E-state index contributed by atoms with van der Waals surface area (Å²) in [5, 5.41) is 4.59. The molecule has 6 rings (SSSR count). The number of hydrogen-bond donors (Lipinski definition) is 1. The highest BCUT2D eigenvalue weighted by molar-refractivity contribution is 6.10. The quantitative estimate of drug-likeness (QED) is 0.526. The summed E-state index contributed by atoms with van der Waals surface area (Å²) in [5.74, 6) is 0.659. The third kappa shape index (κ3) is 5.55. The number of methoxy groups -OCH3 is 2. The highest BCUT2D eigenvalue weighted by Crippen LogP contribution is 2.37. The van der Waals surface area contributed by atoms with Crippen LogP contribution in [-0.2, 0) is 14.3 Å². The van der Waals surface area contributed by atoms with Crippen molar-refractivity contribution in [3.63, 3.8) is 0 Å². The van der Waals surface area contributed by atoms with Gasteiger partial charge < -0.3 is 25.0 Å². The minimum Gasteiger partial charge on any atom is -0.383 e. The fourth-order valence-corrected chi connectivity index (χ4v) is 7.16. The Morgan fingerprint density at radius 3 is 2.54 bits per heavy atom. The number of nitrogens with zero attached hydrogens (tertiary/aromatic N) is 6. The van der Waals surface area contributed by atoms with Crippen molar-refractivity contribution in [3.05, 3.63) is 42.2 Å². The van der Waals surface area contributed by atoms with E-state index in [-0.39, 0.29) is 29.4 Å². The lowest BCUT2D eigenvalue weighted by Gasteiger charge is -2.46. The summed E-state index contributed by atoms with van der Waals surface area (Å²) in [6, 6.07) is 4.89. The summed E-state index contributed by atoms with van der Waals surface area (Å²) in [7, 11) is 3.62. The molecular formula is C31H45N7O3. The molecule has 222 valence electrons. The molecule has 2 aromatic heterocycles. The first-order valence-electron chi connectivity index (χ1n) is 15.2. The zero-order chi connectivity index (χ0) is 28.6. The molecule has 1 aliphatic carbocycles. The van der Waals surface area contributed by atoms with Gasteiger partial charge in [0.25, 0.3) is 0 Å². The molecule has 0 radical (unpaired) electrons. The predicted molar refractivity (Wildman–Crippen MR) is 161 cm³/mol. The van der Waals surface area contributed by atoms with Crippen molar-refractivity contribution in [2.24, 2.45) is 22.6 Å². The zero-order valence-corrected chi connectivity index (χ0v) is 24.7. The molecule has 1 unspecified atom stereocenters. The first-order chi connectivity index (χ1) is 19.9. The first-order valence-corrected chi connectivity index (χ1v) is 15.2. The number of likely N-dealkylation sites (tertiary alicyclic amines) is 1. The zero-order valence-electron chi connectivity index (χ0n) is 24.7. The van der Waals surface area contributed by atoms with E-state index in [2.05, 4.69) is 52.3 Å². The highest BCUT2D eigenvalue weighted by atomic mass is 16.5. The smallest absolute Gasteiger partial charge is 0.225 e. The maximum atomic E-state index is 12.8. The second-order valence-corrected chi connectivity index (χ2v) is 12.3. The van der Waals surface area contributed by atoms with Crippen LogP contribution in [0.2, 0.25) is 0 Å². The summed E-state index contributed by atoms with van der Waals surface area (Å²) in [5.41, 5.74) is 10.0. The number of dihydropyridines is 1. The fourth-order valence-electron chi connectivity index (χ4n) is 7.16. The number of carbonyl (C=O) groups is 1. The summed E-state index contributed by atoms with van der Waals surface area (Å²) in [6.45, 7) is 8.85. The second kappa shape index (κ2) is 11.8. The Balaban J connectivity index is 1.10. The van der Waals surface area contributed by atoms with E-state index < -0.39 is 0 Å². The van der Waals surface area contributed by atoms with Crippen LogP contribution in [0.25, 0.3) is 5.52 Å². The molecule has 1 amide bonds. The van der Waals surface area contributed by atoms with Gasteiger partial charge in [-0.25, -0.2) is 4.52 Å². The Labute approximate surface area is 243 Å². The van der Waals surface area contributed by atoms with Gasteiger partial charge in [0, 0.05) is 102 Å². The van der Waals surface area contributed by atoms with E-state index in [1.165, 1.54) is 0 Å². The SMILES string of the molecule is COC[C@H](C)N1CCC(OC)(C2C=CC(c3cc4c(N5CCN(C(=O)C6CC(N)C6)CC5)ccnn4c3)=NC2)CC1. The van der Waals surface area contributed by atoms with Crippen LogP contribution in [0.3, 0.4) is 0 Å². The molecule has 10 heteroatoms. The molecule has 5 heterocycles. The predicted octanol–water partition coefficient (Wildman–Crippen LogP) is 2.21. The van der Waals surface area contributed by atoms with Crippen LogP contribution in [0.15, 0.2) is 41.7 Å². The van der Waals surface area contributed by atoms with Crippen molar-refractivity contribution in [1.82, 2.24) is 19.4 Å². The topological polar surface area (TPSA) is 101 Å². The van der Waals surface area contributed by atoms with Crippen LogP contribution in [0.1, 0.15) is 38.2 Å². The average Bonchev–Trinajstić information content (AvgIpc) is 3.44. The molecule has 0 spiro atoms. The molecule has 2 atom stereocenters. The molecule has 0 aromatic carbocycles. The number of amides is 1. The number of rotatable bonds is 8. The Kier molecular flexibility index (Phi) is 8.18. The molecule has 2 aromatic rings. The molecule has 3 aliphatic heterocycles. The lowest BCUT2D eigenvalue weighted by atomic mass is 9.77. The summed E-state index contributed by atoms with van der Waals surface area (Å²) in [6.07, 6.45) is 12.0. The Morgan fingerprint density at radius 2 is 1.90 bits per heavy atom. The van der Waals surface area contributed by atoms with Gasteiger partial charge in [0.15, 0.2) is 0 Å². The van der Waals surface area contributed by atoms with E-state index >= 15 is 0 Å².